The van der Waals surface area contributed by atoms with Gasteiger partial charge in [0.1, 0.15) is 0 Å². The third kappa shape index (κ3) is 3.39. The number of para-hydroxylation sites is 1. The van der Waals surface area contributed by atoms with Crippen molar-refractivity contribution >= 4 is 49.3 Å². The molecule has 2 N–H and O–H groups in total. The van der Waals surface area contributed by atoms with Gasteiger partial charge in [0.2, 0.25) is 0 Å². The first kappa shape index (κ1) is 21.3. The number of aromatic nitrogens is 2. The highest BCUT2D eigenvalue weighted by atomic mass is 16.1. The van der Waals surface area contributed by atoms with Crippen LogP contribution in [0.3, 0.4) is 0 Å². The van der Waals surface area contributed by atoms with Crippen molar-refractivity contribution in [1.82, 2.24) is 9.97 Å². The van der Waals surface area contributed by atoms with E-state index in [1.807, 2.05) is 36.4 Å². The van der Waals surface area contributed by atoms with Gasteiger partial charge in [0.15, 0.2) is 10.9 Å². The van der Waals surface area contributed by atoms with Crippen molar-refractivity contribution in [3.8, 4) is 0 Å². The van der Waals surface area contributed by atoms with E-state index in [0.717, 1.165) is 60.0 Å². The Morgan fingerprint density at radius 1 is 0.727 bits per heavy atom. The van der Waals surface area contributed by atoms with Gasteiger partial charge >= 0.3 is 0 Å². The number of pyridine rings is 2. The van der Waals surface area contributed by atoms with Crippen LogP contribution in [0.5, 0.6) is 0 Å². The largest absolute Gasteiger partial charge is 0.370 e. The zero-order chi connectivity index (χ0) is 23.1. The Morgan fingerprint density at radius 3 is 2.09 bits per heavy atom. The molecular formula is C28H29N3O2. The minimum Gasteiger partial charge on any atom is -0.370 e. The molecular weight excluding hydrogens is 410 g/mol. The smallest absolute Gasteiger partial charge is 0.197 e. The predicted molar refractivity (Wildman–Crippen MR) is 140 cm³/mol. The number of H-pyrrole nitrogens is 2. The summed E-state index contributed by atoms with van der Waals surface area (Å²) in [6.07, 6.45) is 2.84. The highest BCUT2D eigenvalue weighted by molar-refractivity contribution is 6.05. The van der Waals surface area contributed by atoms with E-state index in [1.165, 1.54) is 0 Å². The van der Waals surface area contributed by atoms with Gasteiger partial charge in [0.25, 0.3) is 0 Å². The van der Waals surface area contributed by atoms with E-state index in [-0.39, 0.29) is 10.9 Å². The Labute approximate surface area is 192 Å². The van der Waals surface area contributed by atoms with Gasteiger partial charge in [-0.3, -0.25) is 9.59 Å². The Kier molecular flexibility index (Phi) is 5.41. The van der Waals surface area contributed by atoms with Crippen LogP contribution in [0, 0.1) is 0 Å². The van der Waals surface area contributed by atoms with Crippen molar-refractivity contribution in [2.75, 3.05) is 18.0 Å². The van der Waals surface area contributed by atoms with Gasteiger partial charge in [0.05, 0.1) is 27.6 Å². The predicted octanol–water partition coefficient (Wildman–Crippen LogP) is 5.86. The summed E-state index contributed by atoms with van der Waals surface area (Å²) in [5, 5.41) is 2.59. The molecule has 2 aromatic heterocycles. The number of aryl methyl sites for hydroxylation is 1. The molecule has 0 amide bonds. The van der Waals surface area contributed by atoms with E-state index >= 15 is 0 Å². The molecule has 5 nitrogen and oxygen atoms in total. The Bertz CT molecular complexity index is 1620. The van der Waals surface area contributed by atoms with Crippen molar-refractivity contribution in [3.05, 3.63) is 74.5 Å². The first-order valence-corrected chi connectivity index (χ1v) is 11.9. The van der Waals surface area contributed by atoms with Crippen LogP contribution in [0.15, 0.2) is 58.1 Å². The van der Waals surface area contributed by atoms with Gasteiger partial charge < -0.3 is 14.9 Å². The number of anilines is 1. The van der Waals surface area contributed by atoms with E-state index < -0.39 is 0 Å². The lowest BCUT2D eigenvalue weighted by atomic mass is 10.00. The maximum absolute atomic E-state index is 13.8. The molecule has 5 rings (SSSR count). The molecule has 2 heterocycles. The van der Waals surface area contributed by atoms with Crippen molar-refractivity contribution in [2.45, 2.75) is 40.0 Å². The molecule has 0 aliphatic carbocycles. The molecule has 33 heavy (non-hydrogen) atoms. The lowest BCUT2D eigenvalue weighted by Crippen LogP contribution is -2.26. The van der Waals surface area contributed by atoms with Crippen LogP contribution in [0.1, 0.15) is 39.2 Å². The van der Waals surface area contributed by atoms with Crippen LogP contribution in [-0.2, 0) is 6.42 Å². The van der Waals surface area contributed by atoms with Crippen molar-refractivity contribution in [1.29, 1.82) is 0 Å². The standard InChI is InChI=1S/C28H29N3O2/c1-4-13-31(14-5-2)24-12-11-17(6-3)25-26(24)30-23-15-19-22(16-20(23)28(25)33)29-21-10-8-7-9-18(21)27(19)32/h7-12,15-16H,4-6,13-14H2,1-3H3,(H,29,32)(H,30,33). The van der Waals surface area contributed by atoms with Crippen molar-refractivity contribution < 1.29 is 0 Å². The van der Waals surface area contributed by atoms with Crippen molar-refractivity contribution in [3.63, 3.8) is 0 Å². The SMILES string of the molecule is CCCN(CCC)c1ccc(CC)c2c(=O)c3cc4[nH]c5ccccc5c(=O)c4cc3[nH]c12. The Morgan fingerprint density at radius 2 is 1.39 bits per heavy atom. The lowest BCUT2D eigenvalue weighted by molar-refractivity contribution is 0.746. The maximum atomic E-state index is 13.8. The highest BCUT2D eigenvalue weighted by Gasteiger charge is 2.17. The summed E-state index contributed by atoms with van der Waals surface area (Å²) in [6.45, 7) is 8.28. The second kappa shape index (κ2) is 8.39. The van der Waals surface area contributed by atoms with Gasteiger partial charge in [0, 0.05) is 34.8 Å². The fourth-order valence-electron chi connectivity index (χ4n) is 5.00. The Hall–Kier alpha value is -3.60. The van der Waals surface area contributed by atoms with E-state index in [9.17, 15) is 9.59 Å². The molecule has 0 aliphatic heterocycles. The average Bonchev–Trinajstić information content (AvgIpc) is 2.83. The molecule has 0 fully saturated rings. The number of nitrogens with one attached hydrogen (secondary N) is 2. The van der Waals surface area contributed by atoms with Crippen LogP contribution in [0.25, 0.3) is 43.6 Å². The molecule has 0 atom stereocenters. The number of benzene rings is 3. The van der Waals surface area contributed by atoms with Crippen LogP contribution in [-0.4, -0.2) is 23.1 Å². The highest BCUT2D eigenvalue weighted by Crippen LogP contribution is 2.30. The minimum atomic E-state index is -0.0247. The maximum Gasteiger partial charge on any atom is 0.197 e. The van der Waals surface area contributed by atoms with Crippen LogP contribution in [0.4, 0.5) is 5.69 Å². The number of nitrogens with zero attached hydrogens (tertiary/aromatic N) is 1. The number of rotatable bonds is 6. The van der Waals surface area contributed by atoms with Gasteiger partial charge in [-0.25, -0.2) is 0 Å². The molecule has 0 radical (unpaired) electrons. The summed E-state index contributed by atoms with van der Waals surface area (Å²) in [5.41, 5.74) is 5.11. The summed E-state index contributed by atoms with van der Waals surface area (Å²) >= 11 is 0. The summed E-state index contributed by atoms with van der Waals surface area (Å²) in [7, 11) is 0. The number of hydrogen-bond donors (Lipinski definition) is 2. The third-order valence-electron chi connectivity index (χ3n) is 6.55. The van der Waals surface area contributed by atoms with E-state index in [4.69, 9.17) is 0 Å². The lowest BCUT2D eigenvalue weighted by Gasteiger charge is -2.26. The van der Waals surface area contributed by atoms with Crippen molar-refractivity contribution in [2.24, 2.45) is 0 Å². The molecule has 5 heteroatoms. The molecule has 0 aliphatic rings. The van der Waals surface area contributed by atoms with Crippen LogP contribution < -0.4 is 15.8 Å². The van der Waals surface area contributed by atoms with Gasteiger partial charge in [-0.1, -0.05) is 39.0 Å². The van der Waals surface area contributed by atoms with Gasteiger partial charge in [-0.05, 0) is 55.2 Å². The van der Waals surface area contributed by atoms with E-state index in [0.29, 0.717) is 27.2 Å². The zero-order valence-electron chi connectivity index (χ0n) is 19.4. The molecule has 0 unspecified atom stereocenters. The van der Waals surface area contributed by atoms with E-state index in [2.05, 4.69) is 47.8 Å². The summed E-state index contributed by atoms with van der Waals surface area (Å²) in [4.78, 5) is 36.3. The molecule has 0 saturated heterocycles. The molecule has 3 aromatic carbocycles. The quantitative estimate of drug-likeness (QED) is 0.325. The average molecular weight is 440 g/mol. The Balaban J connectivity index is 1.90. The van der Waals surface area contributed by atoms with Gasteiger partial charge in [-0.2, -0.15) is 0 Å². The van der Waals surface area contributed by atoms with Gasteiger partial charge in [-0.15, -0.1) is 0 Å². The minimum absolute atomic E-state index is 0.0151. The summed E-state index contributed by atoms with van der Waals surface area (Å²) in [5.74, 6) is 0. The molecule has 0 saturated carbocycles. The van der Waals surface area contributed by atoms with E-state index in [1.54, 1.807) is 0 Å². The fraction of sp³-hybridized carbons (Fsp3) is 0.286. The summed E-state index contributed by atoms with van der Waals surface area (Å²) in [6, 6.07) is 15.4. The second-order valence-corrected chi connectivity index (χ2v) is 8.73. The third-order valence-corrected chi connectivity index (χ3v) is 6.55. The summed E-state index contributed by atoms with van der Waals surface area (Å²) < 4.78 is 0. The fourth-order valence-corrected chi connectivity index (χ4v) is 5.00. The topological polar surface area (TPSA) is 69.0 Å². The molecule has 0 spiro atoms. The second-order valence-electron chi connectivity index (χ2n) is 8.73. The first-order chi connectivity index (χ1) is 16.1. The molecule has 5 aromatic rings. The number of hydrogen-bond acceptors (Lipinski definition) is 3. The number of fused-ring (bicyclic) bond motifs is 4. The zero-order valence-corrected chi connectivity index (χ0v) is 19.4. The van der Waals surface area contributed by atoms with Crippen LogP contribution >= 0.6 is 0 Å². The normalized spacial score (nSPS) is 11.7. The monoisotopic (exact) mass is 439 g/mol. The number of aromatic amines is 2. The molecule has 168 valence electrons. The molecule has 0 bridgehead atoms. The first-order valence-electron chi connectivity index (χ1n) is 11.9. The van der Waals surface area contributed by atoms with Crippen LogP contribution in [0.2, 0.25) is 0 Å².